The molecule has 6 heteroatoms. The van der Waals surface area contributed by atoms with E-state index in [4.69, 9.17) is 9.47 Å². The number of amides is 1. The molecule has 0 radical (unpaired) electrons. The summed E-state index contributed by atoms with van der Waals surface area (Å²) in [4.78, 5) is 12.9. The first-order chi connectivity index (χ1) is 15.0. The SMILES string of the molecule is COc1ccc(NC(=O)c2cccc(Cn3nc(C)cc3C)c2)cc1OC1CCCC1. The zero-order chi connectivity index (χ0) is 21.8. The van der Waals surface area contributed by atoms with Crippen LogP contribution in [0.5, 0.6) is 11.5 Å². The first-order valence-electron chi connectivity index (χ1n) is 10.8. The second-order valence-electron chi connectivity index (χ2n) is 8.13. The number of methoxy groups -OCH3 is 1. The molecule has 0 unspecified atom stereocenters. The average molecular weight is 420 g/mol. The standard InChI is InChI=1S/C25H29N3O3/c1-17-13-18(2)28(27-17)16-19-7-6-8-20(14-19)25(29)26-21-11-12-23(30-3)24(15-21)31-22-9-4-5-10-22/h6-8,11-15,22H,4-5,9-10,16H2,1-3H3,(H,26,29). The molecule has 1 heterocycles. The number of aryl methyl sites for hydroxylation is 2. The molecule has 0 saturated heterocycles. The molecular weight excluding hydrogens is 390 g/mol. The monoisotopic (exact) mass is 419 g/mol. The number of carbonyl (C=O) groups is 1. The van der Waals surface area contributed by atoms with Crippen molar-refractivity contribution in [2.75, 3.05) is 12.4 Å². The van der Waals surface area contributed by atoms with E-state index in [-0.39, 0.29) is 12.0 Å². The van der Waals surface area contributed by atoms with Gasteiger partial charge in [-0.25, -0.2) is 0 Å². The highest BCUT2D eigenvalue weighted by Crippen LogP contribution is 2.34. The lowest BCUT2D eigenvalue weighted by Crippen LogP contribution is -2.14. The zero-order valence-corrected chi connectivity index (χ0v) is 18.4. The van der Waals surface area contributed by atoms with Gasteiger partial charge in [-0.3, -0.25) is 9.48 Å². The fourth-order valence-electron chi connectivity index (χ4n) is 4.05. The summed E-state index contributed by atoms with van der Waals surface area (Å²) in [7, 11) is 1.63. The van der Waals surface area contributed by atoms with Gasteiger partial charge in [0.2, 0.25) is 0 Å². The van der Waals surface area contributed by atoms with Gasteiger partial charge in [-0.15, -0.1) is 0 Å². The first kappa shape index (κ1) is 21.0. The summed E-state index contributed by atoms with van der Waals surface area (Å²) in [6.45, 7) is 4.64. The lowest BCUT2D eigenvalue weighted by Gasteiger charge is -2.17. The zero-order valence-electron chi connectivity index (χ0n) is 18.4. The molecule has 3 aromatic rings. The lowest BCUT2D eigenvalue weighted by atomic mass is 10.1. The Balaban J connectivity index is 1.48. The number of ether oxygens (including phenoxy) is 2. The largest absolute Gasteiger partial charge is 0.493 e. The normalized spacial score (nSPS) is 13.9. The highest BCUT2D eigenvalue weighted by Gasteiger charge is 2.19. The summed E-state index contributed by atoms with van der Waals surface area (Å²) in [5, 5.41) is 7.49. The average Bonchev–Trinajstić information content (AvgIpc) is 3.37. The van der Waals surface area contributed by atoms with E-state index < -0.39 is 0 Å². The van der Waals surface area contributed by atoms with E-state index in [1.54, 1.807) is 7.11 Å². The van der Waals surface area contributed by atoms with Gasteiger partial charge in [-0.05, 0) is 75.4 Å². The van der Waals surface area contributed by atoms with Crippen LogP contribution in [0.15, 0.2) is 48.5 Å². The van der Waals surface area contributed by atoms with Gasteiger partial charge in [0.25, 0.3) is 5.91 Å². The molecule has 6 nitrogen and oxygen atoms in total. The molecule has 162 valence electrons. The lowest BCUT2D eigenvalue weighted by molar-refractivity contribution is 0.102. The maximum atomic E-state index is 12.9. The highest BCUT2D eigenvalue weighted by molar-refractivity contribution is 6.04. The molecule has 4 rings (SSSR count). The van der Waals surface area contributed by atoms with E-state index in [2.05, 4.69) is 10.4 Å². The van der Waals surface area contributed by atoms with Gasteiger partial charge in [-0.1, -0.05) is 12.1 Å². The molecule has 1 aliphatic rings. The number of nitrogens with zero attached hydrogens (tertiary/aromatic N) is 2. The minimum absolute atomic E-state index is 0.160. The summed E-state index contributed by atoms with van der Waals surface area (Å²) >= 11 is 0. The number of hydrogen-bond donors (Lipinski definition) is 1. The van der Waals surface area contributed by atoms with Gasteiger partial charge in [-0.2, -0.15) is 5.10 Å². The molecule has 1 amide bonds. The van der Waals surface area contributed by atoms with Crippen LogP contribution in [0, 0.1) is 13.8 Å². The van der Waals surface area contributed by atoms with Gasteiger partial charge in [0, 0.05) is 23.0 Å². The van der Waals surface area contributed by atoms with E-state index in [9.17, 15) is 4.79 Å². The maximum Gasteiger partial charge on any atom is 0.255 e. The third kappa shape index (κ3) is 5.08. The van der Waals surface area contributed by atoms with Crippen LogP contribution in [0.1, 0.15) is 53.0 Å². The summed E-state index contributed by atoms with van der Waals surface area (Å²) in [6, 6.07) is 15.2. The van der Waals surface area contributed by atoms with Crippen molar-refractivity contribution in [3.63, 3.8) is 0 Å². The van der Waals surface area contributed by atoms with Gasteiger partial charge >= 0.3 is 0 Å². The minimum Gasteiger partial charge on any atom is -0.493 e. The summed E-state index contributed by atoms with van der Waals surface area (Å²) in [5.74, 6) is 1.19. The Morgan fingerprint density at radius 3 is 2.61 bits per heavy atom. The Morgan fingerprint density at radius 2 is 1.90 bits per heavy atom. The van der Waals surface area contributed by atoms with Crippen molar-refractivity contribution < 1.29 is 14.3 Å². The highest BCUT2D eigenvalue weighted by atomic mass is 16.5. The first-order valence-corrected chi connectivity index (χ1v) is 10.8. The molecule has 0 aliphatic heterocycles. The van der Waals surface area contributed by atoms with Crippen molar-refractivity contribution in [3.8, 4) is 11.5 Å². The van der Waals surface area contributed by atoms with Crippen LogP contribution in [-0.2, 0) is 6.54 Å². The van der Waals surface area contributed by atoms with Crippen LogP contribution in [-0.4, -0.2) is 28.9 Å². The van der Waals surface area contributed by atoms with E-state index in [0.717, 1.165) is 29.8 Å². The molecule has 2 aromatic carbocycles. The molecule has 0 atom stereocenters. The van der Waals surface area contributed by atoms with E-state index >= 15 is 0 Å². The van der Waals surface area contributed by atoms with Crippen LogP contribution in [0.4, 0.5) is 5.69 Å². The van der Waals surface area contributed by atoms with E-state index in [1.165, 1.54) is 12.8 Å². The summed E-state index contributed by atoms with van der Waals surface area (Å²) < 4.78 is 13.5. The van der Waals surface area contributed by atoms with Crippen LogP contribution in [0.2, 0.25) is 0 Å². The molecule has 31 heavy (non-hydrogen) atoms. The van der Waals surface area contributed by atoms with Crippen molar-refractivity contribution in [2.45, 2.75) is 52.2 Å². The quantitative estimate of drug-likeness (QED) is 0.577. The third-order valence-corrected chi connectivity index (χ3v) is 5.64. The fourth-order valence-corrected chi connectivity index (χ4v) is 4.05. The molecule has 1 aliphatic carbocycles. The smallest absolute Gasteiger partial charge is 0.255 e. The Morgan fingerprint density at radius 1 is 1.10 bits per heavy atom. The minimum atomic E-state index is -0.160. The maximum absolute atomic E-state index is 12.9. The van der Waals surface area contributed by atoms with Crippen molar-refractivity contribution in [2.24, 2.45) is 0 Å². The molecule has 0 bridgehead atoms. The van der Waals surface area contributed by atoms with Crippen molar-refractivity contribution in [1.82, 2.24) is 9.78 Å². The Bertz CT molecular complexity index is 1070. The van der Waals surface area contributed by atoms with Gasteiger partial charge in [0.15, 0.2) is 11.5 Å². The number of benzene rings is 2. The third-order valence-electron chi connectivity index (χ3n) is 5.64. The van der Waals surface area contributed by atoms with Crippen molar-refractivity contribution in [3.05, 3.63) is 71.0 Å². The number of aromatic nitrogens is 2. The number of anilines is 1. The topological polar surface area (TPSA) is 65.4 Å². The molecule has 1 N–H and O–H groups in total. The number of nitrogens with one attached hydrogen (secondary N) is 1. The van der Waals surface area contributed by atoms with Crippen LogP contribution < -0.4 is 14.8 Å². The van der Waals surface area contributed by atoms with Crippen LogP contribution in [0.25, 0.3) is 0 Å². The molecule has 1 fully saturated rings. The second kappa shape index (κ2) is 9.25. The molecule has 1 saturated carbocycles. The Labute approximate surface area is 183 Å². The Hall–Kier alpha value is -3.28. The van der Waals surface area contributed by atoms with Crippen LogP contribution >= 0.6 is 0 Å². The fraction of sp³-hybridized carbons (Fsp3) is 0.360. The molecule has 1 aromatic heterocycles. The molecular formula is C25H29N3O3. The van der Waals surface area contributed by atoms with Gasteiger partial charge in [0.05, 0.1) is 25.5 Å². The number of carbonyl (C=O) groups excluding carboxylic acids is 1. The summed E-state index contributed by atoms with van der Waals surface area (Å²) in [6.07, 6.45) is 4.71. The second-order valence-corrected chi connectivity index (χ2v) is 8.13. The summed E-state index contributed by atoms with van der Waals surface area (Å²) in [5.41, 5.74) is 4.40. The molecule has 0 spiro atoms. The predicted octanol–water partition coefficient (Wildman–Crippen LogP) is 5.13. The van der Waals surface area contributed by atoms with Gasteiger partial charge in [0.1, 0.15) is 0 Å². The number of hydrogen-bond acceptors (Lipinski definition) is 4. The Kier molecular flexibility index (Phi) is 6.26. The van der Waals surface area contributed by atoms with E-state index in [0.29, 0.717) is 29.3 Å². The predicted molar refractivity (Wildman–Crippen MR) is 121 cm³/mol. The van der Waals surface area contributed by atoms with Crippen LogP contribution in [0.3, 0.4) is 0 Å². The number of rotatable bonds is 7. The van der Waals surface area contributed by atoms with Crippen molar-refractivity contribution >= 4 is 11.6 Å². The van der Waals surface area contributed by atoms with Gasteiger partial charge < -0.3 is 14.8 Å². The van der Waals surface area contributed by atoms with Crippen molar-refractivity contribution in [1.29, 1.82) is 0 Å². The van der Waals surface area contributed by atoms with E-state index in [1.807, 2.05) is 67.1 Å².